The molecule has 2 N–H and O–H groups in total. The topological polar surface area (TPSA) is 41.1 Å². The molecule has 0 aliphatic carbocycles. The molecule has 0 spiro atoms. The van der Waals surface area contributed by atoms with Crippen LogP contribution in [0.1, 0.15) is 43.1 Å². The van der Waals surface area contributed by atoms with Gasteiger partial charge in [-0.05, 0) is 37.0 Å². The largest absolute Gasteiger partial charge is 0.355 e. The first-order valence-corrected chi connectivity index (χ1v) is 6.57. The third kappa shape index (κ3) is 4.88. The molecule has 0 bridgehead atoms. The summed E-state index contributed by atoms with van der Waals surface area (Å²) in [5.41, 5.74) is 1.91. The van der Waals surface area contributed by atoms with Crippen molar-refractivity contribution in [2.45, 2.75) is 39.8 Å². The van der Waals surface area contributed by atoms with E-state index in [1.54, 1.807) is 7.05 Å². The number of carbonyl (C=O) groups excluding carboxylic acids is 1. The van der Waals surface area contributed by atoms with Crippen molar-refractivity contribution in [3.8, 4) is 0 Å². The van der Waals surface area contributed by atoms with Crippen LogP contribution < -0.4 is 10.6 Å². The van der Waals surface area contributed by atoms with Crippen molar-refractivity contribution in [2.24, 2.45) is 5.92 Å². The molecule has 0 aliphatic rings. The fraction of sp³-hybridized carbons (Fsp3) is 0.533. The van der Waals surface area contributed by atoms with Gasteiger partial charge in [0.05, 0.1) is 0 Å². The molecule has 0 aliphatic heterocycles. The van der Waals surface area contributed by atoms with Crippen LogP contribution in [0.2, 0.25) is 0 Å². The number of nitrogens with one attached hydrogen (secondary N) is 2. The standard InChI is InChI=1S/C15H24N2O/c1-11(2)9-12(3)17-10-13-5-7-14(8-6-13)15(18)16-4/h5-8,11-12,17H,9-10H2,1-4H3,(H,16,18). The maximum absolute atomic E-state index is 11.4. The molecular weight excluding hydrogens is 224 g/mol. The summed E-state index contributed by atoms with van der Waals surface area (Å²) >= 11 is 0. The molecule has 0 saturated carbocycles. The van der Waals surface area contributed by atoms with Crippen LogP contribution in [-0.4, -0.2) is 19.0 Å². The molecule has 0 saturated heterocycles. The average molecular weight is 248 g/mol. The Morgan fingerprint density at radius 1 is 1.17 bits per heavy atom. The van der Waals surface area contributed by atoms with E-state index < -0.39 is 0 Å². The zero-order valence-electron chi connectivity index (χ0n) is 11.8. The van der Waals surface area contributed by atoms with Crippen LogP contribution in [0, 0.1) is 5.92 Å². The van der Waals surface area contributed by atoms with E-state index in [4.69, 9.17) is 0 Å². The highest BCUT2D eigenvalue weighted by atomic mass is 16.1. The van der Waals surface area contributed by atoms with Crippen LogP contribution in [0.15, 0.2) is 24.3 Å². The number of hydrogen-bond acceptors (Lipinski definition) is 2. The highest BCUT2D eigenvalue weighted by Gasteiger charge is 2.05. The van der Waals surface area contributed by atoms with E-state index in [0.717, 1.165) is 6.54 Å². The second-order valence-electron chi connectivity index (χ2n) is 5.19. The summed E-state index contributed by atoms with van der Waals surface area (Å²) in [5, 5.41) is 6.11. The molecule has 100 valence electrons. The number of rotatable bonds is 6. The SMILES string of the molecule is CNC(=O)c1ccc(CNC(C)CC(C)C)cc1. The zero-order valence-corrected chi connectivity index (χ0v) is 11.8. The summed E-state index contributed by atoms with van der Waals surface area (Å²) in [6.07, 6.45) is 1.18. The van der Waals surface area contributed by atoms with Gasteiger partial charge in [-0.25, -0.2) is 0 Å². The van der Waals surface area contributed by atoms with E-state index in [9.17, 15) is 4.79 Å². The first-order valence-electron chi connectivity index (χ1n) is 6.57. The van der Waals surface area contributed by atoms with Gasteiger partial charge in [-0.2, -0.15) is 0 Å². The van der Waals surface area contributed by atoms with Crippen molar-refractivity contribution in [1.29, 1.82) is 0 Å². The fourth-order valence-corrected chi connectivity index (χ4v) is 2.00. The predicted octanol–water partition coefficient (Wildman–Crippen LogP) is 2.57. The van der Waals surface area contributed by atoms with Gasteiger partial charge in [0.15, 0.2) is 0 Å². The zero-order chi connectivity index (χ0) is 13.5. The van der Waals surface area contributed by atoms with E-state index in [2.05, 4.69) is 31.4 Å². The Hall–Kier alpha value is -1.35. The molecule has 1 amide bonds. The van der Waals surface area contributed by atoms with Gasteiger partial charge in [0, 0.05) is 25.2 Å². The third-order valence-electron chi connectivity index (χ3n) is 2.92. The van der Waals surface area contributed by atoms with Crippen LogP contribution in [0.3, 0.4) is 0 Å². The molecule has 1 unspecified atom stereocenters. The summed E-state index contributed by atoms with van der Waals surface area (Å²) in [7, 11) is 1.64. The molecule has 1 aromatic rings. The van der Waals surface area contributed by atoms with Crippen molar-refractivity contribution >= 4 is 5.91 Å². The van der Waals surface area contributed by atoms with Gasteiger partial charge in [-0.1, -0.05) is 26.0 Å². The van der Waals surface area contributed by atoms with Crippen molar-refractivity contribution in [3.63, 3.8) is 0 Å². The Balaban J connectivity index is 2.46. The van der Waals surface area contributed by atoms with E-state index in [-0.39, 0.29) is 5.91 Å². The fourth-order valence-electron chi connectivity index (χ4n) is 2.00. The second-order valence-corrected chi connectivity index (χ2v) is 5.19. The number of benzene rings is 1. The maximum atomic E-state index is 11.4. The summed E-state index contributed by atoms with van der Waals surface area (Å²) in [5.74, 6) is 0.672. The summed E-state index contributed by atoms with van der Waals surface area (Å²) in [4.78, 5) is 11.4. The molecule has 18 heavy (non-hydrogen) atoms. The highest BCUT2D eigenvalue weighted by molar-refractivity contribution is 5.93. The van der Waals surface area contributed by atoms with E-state index in [1.807, 2.05) is 24.3 Å². The van der Waals surface area contributed by atoms with Crippen molar-refractivity contribution in [1.82, 2.24) is 10.6 Å². The molecule has 1 atom stereocenters. The molecular formula is C15H24N2O. The normalized spacial score (nSPS) is 12.5. The van der Waals surface area contributed by atoms with Crippen LogP contribution in [0.5, 0.6) is 0 Å². The predicted molar refractivity (Wildman–Crippen MR) is 75.6 cm³/mol. The van der Waals surface area contributed by atoms with E-state index >= 15 is 0 Å². The van der Waals surface area contributed by atoms with Gasteiger partial charge in [0.25, 0.3) is 5.91 Å². The first-order chi connectivity index (χ1) is 8.52. The minimum Gasteiger partial charge on any atom is -0.355 e. The van der Waals surface area contributed by atoms with E-state index in [1.165, 1.54) is 12.0 Å². The van der Waals surface area contributed by atoms with E-state index in [0.29, 0.717) is 17.5 Å². The number of hydrogen-bond donors (Lipinski definition) is 2. The smallest absolute Gasteiger partial charge is 0.251 e. The van der Waals surface area contributed by atoms with Gasteiger partial charge in [0.1, 0.15) is 0 Å². The van der Waals surface area contributed by atoms with Crippen molar-refractivity contribution in [2.75, 3.05) is 7.05 Å². The Morgan fingerprint density at radius 2 is 1.78 bits per heavy atom. The average Bonchev–Trinajstić information content (AvgIpc) is 2.35. The second kappa shape index (κ2) is 7.17. The minimum absolute atomic E-state index is 0.0392. The Labute approximate surface area is 110 Å². The molecule has 0 aromatic heterocycles. The molecule has 0 fully saturated rings. The highest BCUT2D eigenvalue weighted by Crippen LogP contribution is 2.07. The van der Waals surface area contributed by atoms with Crippen molar-refractivity contribution in [3.05, 3.63) is 35.4 Å². The van der Waals surface area contributed by atoms with Crippen LogP contribution in [0.25, 0.3) is 0 Å². The molecule has 0 heterocycles. The quantitative estimate of drug-likeness (QED) is 0.812. The molecule has 1 rings (SSSR count). The van der Waals surface area contributed by atoms with Gasteiger partial charge in [0.2, 0.25) is 0 Å². The summed E-state index contributed by atoms with van der Waals surface area (Å²) in [6.45, 7) is 7.52. The minimum atomic E-state index is -0.0392. The molecule has 3 heteroatoms. The van der Waals surface area contributed by atoms with Crippen LogP contribution >= 0.6 is 0 Å². The number of carbonyl (C=O) groups is 1. The van der Waals surface area contributed by atoms with Gasteiger partial charge in [-0.15, -0.1) is 0 Å². The van der Waals surface area contributed by atoms with Gasteiger partial charge < -0.3 is 10.6 Å². The molecule has 0 radical (unpaired) electrons. The molecule has 1 aromatic carbocycles. The summed E-state index contributed by atoms with van der Waals surface area (Å²) in [6, 6.07) is 8.24. The molecule has 3 nitrogen and oxygen atoms in total. The van der Waals surface area contributed by atoms with Crippen LogP contribution in [-0.2, 0) is 6.54 Å². The van der Waals surface area contributed by atoms with Crippen molar-refractivity contribution < 1.29 is 4.79 Å². The Morgan fingerprint density at radius 3 is 2.28 bits per heavy atom. The lowest BCUT2D eigenvalue weighted by Crippen LogP contribution is -2.26. The lowest BCUT2D eigenvalue weighted by molar-refractivity contribution is 0.0963. The van der Waals surface area contributed by atoms with Crippen LogP contribution in [0.4, 0.5) is 0 Å². The lowest BCUT2D eigenvalue weighted by atomic mass is 10.0. The Bertz CT molecular complexity index is 371. The first kappa shape index (κ1) is 14.7. The third-order valence-corrected chi connectivity index (χ3v) is 2.92. The lowest BCUT2D eigenvalue weighted by Gasteiger charge is -2.16. The van der Waals surface area contributed by atoms with Gasteiger partial charge in [-0.3, -0.25) is 4.79 Å². The maximum Gasteiger partial charge on any atom is 0.251 e. The summed E-state index contributed by atoms with van der Waals surface area (Å²) < 4.78 is 0. The Kier molecular flexibility index (Phi) is 5.86. The number of amides is 1. The van der Waals surface area contributed by atoms with Gasteiger partial charge >= 0.3 is 0 Å². The monoisotopic (exact) mass is 248 g/mol.